The summed E-state index contributed by atoms with van der Waals surface area (Å²) in [5.41, 5.74) is 4.84. The zero-order chi connectivity index (χ0) is 23.5. The lowest BCUT2D eigenvalue weighted by atomic mass is 10.1. The van der Waals surface area contributed by atoms with Crippen molar-refractivity contribution in [3.8, 4) is 34.3 Å². The average molecular weight is 462 g/mol. The molecule has 0 fully saturated rings. The van der Waals surface area contributed by atoms with Gasteiger partial charge in [0.2, 0.25) is 5.89 Å². The molecule has 0 aliphatic rings. The number of hydrogen-bond donors (Lipinski definition) is 0. The smallest absolute Gasteiger partial charge is 0.268 e. The molecule has 1 atom stereocenters. The SMILES string of the molecule is Cc1ncc(-c2ccc(S(=O)C(C)C)cc2)nc1-c1nnc(-c2cccc(CN(C)C)c2)o1. The molecular formula is C25H27N5O2S. The van der Waals surface area contributed by atoms with E-state index in [0.717, 1.165) is 28.1 Å². The summed E-state index contributed by atoms with van der Waals surface area (Å²) in [4.78, 5) is 12.1. The van der Waals surface area contributed by atoms with Crippen LogP contribution in [0.3, 0.4) is 0 Å². The lowest BCUT2D eigenvalue weighted by molar-refractivity contribution is 0.402. The highest BCUT2D eigenvalue weighted by molar-refractivity contribution is 7.85. The van der Waals surface area contributed by atoms with Gasteiger partial charge in [-0.25, -0.2) is 4.98 Å². The summed E-state index contributed by atoms with van der Waals surface area (Å²) in [6.07, 6.45) is 1.72. The van der Waals surface area contributed by atoms with Crippen molar-refractivity contribution in [3.63, 3.8) is 0 Å². The third-order valence-electron chi connectivity index (χ3n) is 5.07. The summed E-state index contributed by atoms with van der Waals surface area (Å²) < 4.78 is 18.3. The van der Waals surface area contributed by atoms with Gasteiger partial charge in [0, 0.05) is 27.8 Å². The highest BCUT2D eigenvalue weighted by atomic mass is 32.2. The molecular weight excluding hydrogens is 434 g/mol. The summed E-state index contributed by atoms with van der Waals surface area (Å²) in [5.74, 6) is 0.769. The van der Waals surface area contributed by atoms with E-state index in [1.54, 1.807) is 6.20 Å². The van der Waals surface area contributed by atoms with E-state index in [-0.39, 0.29) is 5.25 Å². The van der Waals surface area contributed by atoms with Crippen LogP contribution in [0.1, 0.15) is 25.1 Å². The van der Waals surface area contributed by atoms with Gasteiger partial charge in [-0.3, -0.25) is 9.19 Å². The van der Waals surface area contributed by atoms with Crippen LogP contribution in [0.25, 0.3) is 34.3 Å². The number of aryl methyl sites for hydroxylation is 1. The molecule has 0 aliphatic carbocycles. The van der Waals surface area contributed by atoms with E-state index in [2.05, 4.69) is 32.2 Å². The Kier molecular flexibility index (Phi) is 6.76. The summed E-state index contributed by atoms with van der Waals surface area (Å²) in [6, 6.07) is 15.6. The summed E-state index contributed by atoms with van der Waals surface area (Å²) in [5, 5.41) is 8.54. The molecule has 1 unspecified atom stereocenters. The van der Waals surface area contributed by atoms with Gasteiger partial charge in [-0.05, 0) is 50.8 Å². The fourth-order valence-corrected chi connectivity index (χ4v) is 4.38. The van der Waals surface area contributed by atoms with Gasteiger partial charge >= 0.3 is 0 Å². The first-order valence-electron chi connectivity index (χ1n) is 10.7. The number of nitrogens with zero attached hydrogens (tertiary/aromatic N) is 5. The second kappa shape index (κ2) is 9.72. The second-order valence-electron chi connectivity index (χ2n) is 8.41. The predicted molar refractivity (Wildman–Crippen MR) is 130 cm³/mol. The van der Waals surface area contributed by atoms with E-state index in [0.29, 0.717) is 28.9 Å². The van der Waals surface area contributed by atoms with Crippen molar-refractivity contribution >= 4 is 10.8 Å². The van der Waals surface area contributed by atoms with Crippen molar-refractivity contribution < 1.29 is 8.63 Å². The summed E-state index contributed by atoms with van der Waals surface area (Å²) >= 11 is 0. The van der Waals surface area contributed by atoms with Gasteiger partial charge in [0.25, 0.3) is 5.89 Å². The van der Waals surface area contributed by atoms with Crippen LogP contribution in [-0.2, 0) is 17.3 Å². The molecule has 2 heterocycles. The van der Waals surface area contributed by atoms with Crippen molar-refractivity contribution in [1.82, 2.24) is 25.1 Å². The molecule has 0 amide bonds. The zero-order valence-electron chi connectivity index (χ0n) is 19.4. The first-order valence-corrected chi connectivity index (χ1v) is 12.0. The number of aromatic nitrogens is 4. The number of rotatable bonds is 7. The maximum atomic E-state index is 12.3. The van der Waals surface area contributed by atoms with Gasteiger partial charge in [0.05, 0.1) is 28.4 Å². The van der Waals surface area contributed by atoms with Crippen molar-refractivity contribution in [2.75, 3.05) is 14.1 Å². The molecule has 8 heteroatoms. The van der Waals surface area contributed by atoms with Crippen molar-refractivity contribution in [1.29, 1.82) is 0 Å². The van der Waals surface area contributed by atoms with E-state index in [9.17, 15) is 4.21 Å². The fraction of sp³-hybridized carbons (Fsp3) is 0.280. The minimum atomic E-state index is -1.03. The molecule has 2 aromatic carbocycles. The van der Waals surface area contributed by atoms with Crippen LogP contribution in [0.2, 0.25) is 0 Å². The molecule has 170 valence electrons. The third kappa shape index (κ3) is 5.23. The molecule has 0 spiro atoms. The monoisotopic (exact) mass is 461 g/mol. The molecule has 0 radical (unpaired) electrons. The standard InChI is InChI=1S/C25H27N5O2S/c1-16(2)33(31)21-11-9-19(10-12-21)22-14-26-17(3)23(27-22)25-29-28-24(32-25)20-8-6-7-18(13-20)15-30(4)5/h6-14,16H,15H2,1-5H3. The Balaban J connectivity index is 1.63. The Morgan fingerprint density at radius 2 is 1.73 bits per heavy atom. The van der Waals surface area contributed by atoms with Crippen LogP contribution in [-0.4, -0.2) is 48.6 Å². The average Bonchev–Trinajstić information content (AvgIpc) is 3.29. The maximum absolute atomic E-state index is 12.3. The molecule has 0 bridgehead atoms. The van der Waals surface area contributed by atoms with E-state index >= 15 is 0 Å². The van der Waals surface area contributed by atoms with E-state index in [1.807, 2.05) is 71.3 Å². The number of hydrogen-bond acceptors (Lipinski definition) is 7. The van der Waals surface area contributed by atoms with Gasteiger partial charge in [-0.1, -0.05) is 38.1 Å². The van der Waals surface area contributed by atoms with Crippen LogP contribution in [0, 0.1) is 6.92 Å². The molecule has 0 aliphatic heterocycles. The normalized spacial score (nSPS) is 12.5. The van der Waals surface area contributed by atoms with E-state index in [4.69, 9.17) is 9.40 Å². The Labute approximate surface area is 196 Å². The van der Waals surface area contributed by atoms with Crippen molar-refractivity contribution in [2.45, 2.75) is 37.5 Å². The fourth-order valence-electron chi connectivity index (χ4n) is 3.43. The molecule has 0 saturated heterocycles. The van der Waals surface area contributed by atoms with E-state index in [1.165, 1.54) is 0 Å². The zero-order valence-corrected chi connectivity index (χ0v) is 20.3. The predicted octanol–water partition coefficient (Wildman–Crippen LogP) is 4.75. The first kappa shape index (κ1) is 22.9. The second-order valence-corrected chi connectivity index (χ2v) is 10.4. The highest BCUT2D eigenvalue weighted by Crippen LogP contribution is 2.27. The topological polar surface area (TPSA) is 85.0 Å². The maximum Gasteiger partial charge on any atom is 0.268 e. The Bertz CT molecular complexity index is 1280. The lowest BCUT2D eigenvalue weighted by Crippen LogP contribution is -2.10. The Hall–Kier alpha value is -3.23. The van der Waals surface area contributed by atoms with Gasteiger partial charge in [0.15, 0.2) is 0 Å². The van der Waals surface area contributed by atoms with Gasteiger partial charge < -0.3 is 9.32 Å². The highest BCUT2D eigenvalue weighted by Gasteiger charge is 2.17. The molecule has 0 saturated carbocycles. The minimum absolute atomic E-state index is 0.0666. The summed E-state index contributed by atoms with van der Waals surface area (Å²) in [6.45, 7) is 6.57. The van der Waals surface area contributed by atoms with Crippen LogP contribution in [0.4, 0.5) is 0 Å². The Morgan fingerprint density at radius 1 is 1.00 bits per heavy atom. The van der Waals surface area contributed by atoms with Crippen LogP contribution in [0.15, 0.2) is 64.0 Å². The summed E-state index contributed by atoms with van der Waals surface area (Å²) in [7, 11) is 3.03. The quantitative estimate of drug-likeness (QED) is 0.393. The van der Waals surface area contributed by atoms with Gasteiger partial charge in [0.1, 0.15) is 5.69 Å². The molecule has 4 aromatic rings. The lowest BCUT2D eigenvalue weighted by Gasteiger charge is -2.09. The number of benzene rings is 2. The van der Waals surface area contributed by atoms with Gasteiger partial charge in [-0.15, -0.1) is 10.2 Å². The van der Waals surface area contributed by atoms with Crippen LogP contribution in [0.5, 0.6) is 0 Å². The molecule has 0 N–H and O–H groups in total. The minimum Gasteiger partial charge on any atom is -0.415 e. The third-order valence-corrected chi connectivity index (χ3v) is 6.66. The Morgan fingerprint density at radius 3 is 2.42 bits per heavy atom. The van der Waals surface area contributed by atoms with Gasteiger partial charge in [-0.2, -0.15) is 0 Å². The largest absolute Gasteiger partial charge is 0.415 e. The van der Waals surface area contributed by atoms with Crippen LogP contribution < -0.4 is 0 Å². The van der Waals surface area contributed by atoms with Crippen molar-refractivity contribution in [3.05, 3.63) is 66.0 Å². The van der Waals surface area contributed by atoms with E-state index < -0.39 is 10.8 Å². The van der Waals surface area contributed by atoms with Crippen molar-refractivity contribution in [2.24, 2.45) is 0 Å². The molecule has 4 rings (SSSR count). The first-order chi connectivity index (χ1) is 15.8. The van der Waals surface area contributed by atoms with Crippen LogP contribution >= 0.6 is 0 Å². The molecule has 7 nitrogen and oxygen atoms in total. The molecule has 33 heavy (non-hydrogen) atoms. The molecule has 2 aromatic heterocycles.